The highest BCUT2D eigenvalue weighted by atomic mass is 127. The summed E-state index contributed by atoms with van der Waals surface area (Å²) in [6, 6.07) is 0. The second-order valence-corrected chi connectivity index (χ2v) is 6.74. The van der Waals surface area contributed by atoms with Crippen molar-refractivity contribution in [1.29, 1.82) is 0 Å². The van der Waals surface area contributed by atoms with E-state index in [1.54, 1.807) is 7.05 Å². The molecule has 2 aliphatic rings. The van der Waals surface area contributed by atoms with Crippen molar-refractivity contribution in [3.05, 3.63) is 0 Å². The summed E-state index contributed by atoms with van der Waals surface area (Å²) in [5, 5.41) is 6.18. The predicted octanol–water partition coefficient (Wildman–Crippen LogP) is 1.12. The monoisotopic (exact) mass is 452 g/mol. The maximum Gasteiger partial charge on any atom is 0.307 e. The summed E-state index contributed by atoms with van der Waals surface area (Å²) in [5.74, 6) is 0.732. The van der Waals surface area contributed by atoms with Crippen LogP contribution in [0.3, 0.4) is 0 Å². The minimum absolute atomic E-state index is 0. The number of hydrogen-bond acceptors (Lipinski definition) is 4. The van der Waals surface area contributed by atoms with Gasteiger partial charge in [-0.05, 0) is 26.7 Å². The maximum absolute atomic E-state index is 11.6. The Kier molecular flexibility index (Phi) is 8.24. The van der Waals surface area contributed by atoms with Crippen LogP contribution in [-0.4, -0.2) is 62.1 Å². The van der Waals surface area contributed by atoms with Crippen LogP contribution in [0.15, 0.2) is 4.99 Å². The topological polar surface area (TPSA) is 83.0 Å². The predicted molar refractivity (Wildman–Crippen MR) is 103 cm³/mol. The first-order chi connectivity index (χ1) is 10.9. The van der Waals surface area contributed by atoms with Gasteiger partial charge in [-0.25, -0.2) is 0 Å². The normalized spacial score (nSPS) is 23.9. The van der Waals surface area contributed by atoms with Crippen molar-refractivity contribution in [2.24, 2.45) is 10.4 Å². The summed E-state index contributed by atoms with van der Waals surface area (Å²) in [5.41, 5.74) is 0.0313. The van der Waals surface area contributed by atoms with E-state index >= 15 is 0 Å². The first-order valence-corrected chi connectivity index (χ1v) is 8.36. The minimum Gasteiger partial charge on any atom is -0.463 e. The number of hydrogen-bond donors (Lipinski definition) is 2. The molecule has 2 saturated heterocycles. The van der Waals surface area contributed by atoms with Crippen LogP contribution in [0.1, 0.15) is 39.5 Å². The zero-order chi connectivity index (χ0) is 16.9. The second-order valence-electron chi connectivity index (χ2n) is 6.74. The number of ether oxygens (including phenoxy) is 1. The number of piperidine rings is 1. The largest absolute Gasteiger partial charge is 0.463 e. The number of rotatable bonds is 4. The van der Waals surface area contributed by atoms with Crippen LogP contribution >= 0.6 is 24.0 Å². The summed E-state index contributed by atoms with van der Waals surface area (Å²) < 4.78 is 5.12. The van der Waals surface area contributed by atoms with Gasteiger partial charge in [0.05, 0.1) is 12.5 Å². The molecule has 138 valence electrons. The number of nitrogens with zero attached hydrogens (tertiary/aromatic N) is 2. The number of nitrogens with one attached hydrogen (secondary N) is 2. The van der Waals surface area contributed by atoms with E-state index < -0.39 is 0 Å². The number of carbonyl (C=O) groups excluding carboxylic acids is 2. The Morgan fingerprint density at radius 2 is 2.25 bits per heavy atom. The van der Waals surface area contributed by atoms with Crippen LogP contribution in [0.2, 0.25) is 0 Å². The van der Waals surface area contributed by atoms with E-state index in [2.05, 4.69) is 20.5 Å². The quantitative estimate of drug-likeness (QED) is 0.289. The third-order valence-corrected chi connectivity index (χ3v) is 4.35. The number of halogens is 1. The Balaban J connectivity index is 0.00000288. The Morgan fingerprint density at radius 1 is 1.50 bits per heavy atom. The number of likely N-dealkylation sites (tertiary alicyclic amines) is 1. The van der Waals surface area contributed by atoms with Crippen molar-refractivity contribution in [3.8, 4) is 0 Å². The summed E-state index contributed by atoms with van der Waals surface area (Å²) in [7, 11) is 1.74. The van der Waals surface area contributed by atoms with E-state index in [-0.39, 0.29) is 47.4 Å². The molecular weight excluding hydrogens is 423 g/mol. The van der Waals surface area contributed by atoms with Crippen molar-refractivity contribution >= 4 is 41.8 Å². The fraction of sp³-hybridized carbons (Fsp3) is 0.812. The van der Waals surface area contributed by atoms with E-state index in [9.17, 15) is 9.59 Å². The van der Waals surface area contributed by atoms with E-state index in [1.807, 2.05) is 13.8 Å². The minimum atomic E-state index is -0.205. The Bertz CT molecular complexity index is 484. The number of guanidine groups is 1. The van der Waals surface area contributed by atoms with Gasteiger partial charge >= 0.3 is 5.97 Å². The van der Waals surface area contributed by atoms with E-state index in [1.165, 1.54) is 0 Å². The summed E-state index contributed by atoms with van der Waals surface area (Å²) in [6.07, 6.45) is 2.94. The standard InChI is InChI=1S/C16H28N4O3.HI/c1-12(2)23-14(22)5-7-18-15(17-3)20-8-4-6-16(11-20)9-13(21)19-10-16;/h12H,4-11H2,1-3H3,(H,17,18)(H,19,21);1H. The number of esters is 1. The third-order valence-electron chi connectivity index (χ3n) is 4.35. The van der Waals surface area contributed by atoms with Crippen molar-refractivity contribution < 1.29 is 14.3 Å². The van der Waals surface area contributed by atoms with Gasteiger partial charge < -0.3 is 20.3 Å². The van der Waals surface area contributed by atoms with Gasteiger partial charge in [0, 0.05) is 45.1 Å². The number of aliphatic imine (C=N–C) groups is 1. The molecule has 0 saturated carbocycles. The smallest absolute Gasteiger partial charge is 0.307 e. The molecule has 2 N–H and O–H groups in total. The summed E-state index contributed by atoms with van der Waals surface area (Å²) in [4.78, 5) is 29.7. The molecule has 0 bridgehead atoms. The molecule has 1 amide bonds. The molecule has 2 aliphatic heterocycles. The van der Waals surface area contributed by atoms with Crippen molar-refractivity contribution in [2.45, 2.75) is 45.6 Å². The lowest BCUT2D eigenvalue weighted by atomic mass is 9.79. The molecule has 1 unspecified atom stereocenters. The van der Waals surface area contributed by atoms with Crippen LogP contribution in [0.4, 0.5) is 0 Å². The highest BCUT2D eigenvalue weighted by Crippen LogP contribution is 2.35. The molecule has 0 radical (unpaired) electrons. The maximum atomic E-state index is 11.6. The molecule has 2 heterocycles. The fourth-order valence-electron chi connectivity index (χ4n) is 3.36. The van der Waals surface area contributed by atoms with Crippen LogP contribution in [0, 0.1) is 5.41 Å². The van der Waals surface area contributed by atoms with Gasteiger partial charge in [-0.2, -0.15) is 0 Å². The molecule has 0 aromatic rings. The van der Waals surface area contributed by atoms with Gasteiger partial charge in [-0.3, -0.25) is 14.6 Å². The van der Waals surface area contributed by atoms with E-state index in [0.29, 0.717) is 19.4 Å². The molecule has 24 heavy (non-hydrogen) atoms. The highest BCUT2D eigenvalue weighted by Gasteiger charge is 2.42. The van der Waals surface area contributed by atoms with Crippen LogP contribution in [0.5, 0.6) is 0 Å². The third kappa shape index (κ3) is 5.78. The van der Waals surface area contributed by atoms with E-state index in [4.69, 9.17) is 4.74 Å². The summed E-state index contributed by atoms with van der Waals surface area (Å²) in [6.45, 7) is 6.68. The van der Waals surface area contributed by atoms with Crippen LogP contribution < -0.4 is 10.6 Å². The first kappa shape index (κ1) is 21.0. The molecule has 2 fully saturated rings. The molecule has 2 rings (SSSR count). The second kappa shape index (κ2) is 9.43. The zero-order valence-electron chi connectivity index (χ0n) is 14.8. The molecule has 7 nitrogen and oxygen atoms in total. The summed E-state index contributed by atoms with van der Waals surface area (Å²) >= 11 is 0. The lowest BCUT2D eigenvalue weighted by molar-refractivity contribution is -0.147. The average molecular weight is 452 g/mol. The van der Waals surface area contributed by atoms with Gasteiger partial charge in [0.25, 0.3) is 0 Å². The zero-order valence-corrected chi connectivity index (χ0v) is 17.1. The molecular formula is C16H29IN4O3. The molecule has 8 heteroatoms. The highest BCUT2D eigenvalue weighted by molar-refractivity contribution is 14.0. The van der Waals surface area contributed by atoms with Gasteiger partial charge in [0.1, 0.15) is 0 Å². The van der Waals surface area contributed by atoms with Crippen LogP contribution in [0.25, 0.3) is 0 Å². The Labute approximate surface area is 161 Å². The van der Waals surface area contributed by atoms with Crippen LogP contribution in [-0.2, 0) is 14.3 Å². The molecule has 0 aromatic carbocycles. The molecule has 1 spiro atoms. The fourth-order valence-corrected chi connectivity index (χ4v) is 3.36. The van der Waals surface area contributed by atoms with E-state index in [0.717, 1.165) is 38.4 Å². The first-order valence-electron chi connectivity index (χ1n) is 8.36. The number of carbonyl (C=O) groups is 2. The Hall–Kier alpha value is -1.06. The number of amides is 1. The van der Waals surface area contributed by atoms with Gasteiger partial charge in [0.2, 0.25) is 5.91 Å². The molecule has 0 aromatic heterocycles. The average Bonchev–Trinajstić information content (AvgIpc) is 2.83. The van der Waals surface area contributed by atoms with Gasteiger partial charge in [-0.1, -0.05) is 0 Å². The SMILES string of the molecule is CN=C(NCCC(=O)OC(C)C)N1CCCC2(CNC(=O)C2)C1.I. The molecule has 0 aliphatic carbocycles. The van der Waals surface area contributed by atoms with Crippen molar-refractivity contribution in [2.75, 3.05) is 33.2 Å². The lowest BCUT2D eigenvalue weighted by Gasteiger charge is -2.40. The van der Waals surface area contributed by atoms with Gasteiger partial charge in [-0.15, -0.1) is 24.0 Å². The lowest BCUT2D eigenvalue weighted by Crippen LogP contribution is -2.51. The van der Waals surface area contributed by atoms with Gasteiger partial charge in [0.15, 0.2) is 5.96 Å². The molecule has 1 atom stereocenters. The van der Waals surface area contributed by atoms with Crippen molar-refractivity contribution in [1.82, 2.24) is 15.5 Å². The Morgan fingerprint density at radius 3 is 2.83 bits per heavy atom. The van der Waals surface area contributed by atoms with Crippen molar-refractivity contribution in [3.63, 3.8) is 0 Å².